The minimum Gasteiger partial charge on any atom is -0.448 e. The summed E-state index contributed by atoms with van der Waals surface area (Å²) in [5, 5.41) is 13.7. The van der Waals surface area contributed by atoms with Gasteiger partial charge in [-0.25, -0.2) is 4.98 Å². The molecule has 6 nitrogen and oxygen atoms in total. The van der Waals surface area contributed by atoms with Gasteiger partial charge in [-0.1, -0.05) is 12.8 Å². The first-order valence-corrected chi connectivity index (χ1v) is 8.30. The number of aliphatic hydroxyl groups excluding tert-OH is 1. The van der Waals surface area contributed by atoms with E-state index in [0.717, 1.165) is 38.8 Å². The smallest absolute Gasteiger partial charge is 0.273 e. The largest absolute Gasteiger partial charge is 0.448 e. The summed E-state index contributed by atoms with van der Waals surface area (Å²) in [5.41, 5.74) is 0.284. The van der Waals surface area contributed by atoms with Gasteiger partial charge in [-0.15, -0.1) is 0 Å². The van der Waals surface area contributed by atoms with E-state index in [1.165, 1.54) is 19.1 Å². The second-order valence-electron chi connectivity index (χ2n) is 6.42. The third-order valence-electron chi connectivity index (χ3n) is 4.85. The van der Waals surface area contributed by atoms with Crippen LogP contribution in [0.4, 0.5) is 0 Å². The summed E-state index contributed by atoms with van der Waals surface area (Å²) in [5.74, 6) is 0.212. The van der Waals surface area contributed by atoms with Crippen molar-refractivity contribution in [1.82, 2.24) is 15.2 Å². The molecule has 1 saturated heterocycles. The number of nitrogens with one attached hydrogen (secondary N) is 1. The number of amides is 1. The first-order chi connectivity index (χ1) is 10.6. The van der Waals surface area contributed by atoms with Crippen molar-refractivity contribution in [2.45, 2.75) is 63.6 Å². The molecule has 0 radical (unpaired) electrons. The number of carbonyl (C=O) groups excluding carboxylic acids is 1. The Morgan fingerprint density at radius 2 is 2.05 bits per heavy atom. The van der Waals surface area contributed by atoms with Crippen molar-refractivity contribution in [3.63, 3.8) is 0 Å². The molecule has 6 heteroatoms. The zero-order valence-corrected chi connectivity index (χ0v) is 13.1. The number of oxazole rings is 1. The summed E-state index contributed by atoms with van der Waals surface area (Å²) in [6.07, 6.45) is 7.23. The van der Waals surface area contributed by atoms with E-state index in [9.17, 15) is 9.90 Å². The van der Waals surface area contributed by atoms with Crippen LogP contribution in [0.25, 0.3) is 0 Å². The van der Waals surface area contributed by atoms with Crippen molar-refractivity contribution in [3.8, 4) is 0 Å². The molecule has 1 amide bonds. The number of carbonyl (C=O) groups is 1. The van der Waals surface area contributed by atoms with E-state index >= 15 is 0 Å². The number of aliphatic hydroxyl groups is 1. The molecule has 2 N–H and O–H groups in total. The number of hydrogen-bond acceptors (Lipinski definition) is 5. The van der Waals surface area contributed by atoms with Crippen LogP contribution in [0.2, 0.25) is 0 Å². The maximum Gasteiger partial charge on any atom is 0.273 e. The second-order valence-corrected chi connectivity index (χ2v) is 6.42. The quantitative estimate of drug-likeness (QED) is 0.827. The van der Waals surface area contributed by atoms with Crippen LogP contribution in [0.1, 0.15) is 54.9 Å². The van der Waals surface area contributed by atoms with Crippen LogP contribution in [0.3, 0.4) is 0 Å². The van der Waals surface area contributed by atoms with E-state index < -0.39 is 6.10 Å². The molecule has 1 aromatic rings. The monoisotopic (exact) mass is 307 g/mol. The molecule has 0 spiro atoms. The zero-order chi connectivity index (χ0) is 15.5. The molecule has 0 bridgehead atoms. The fourth-order valence-electron chi connectivity index (χ4n) is 3.67. The van der Waals surface area contributed by atoms with Gasteiger partial charge in [-0.05, 0) is 38.8 Å². The highest BCUT2D eigenvalue weighted by molar-refractivity contribution is 5.92. The average molecular weight is 307 g/mol. The third-order valence-corrected chi connectivity index (χ3v) is 4.85. The Morgan fingerprint density at radius 1 is 1.32 bits per heavy atom. The summed E-state index contributed by atoms with van der Waals surface area (Å²) >= 11 is 0. The number of hydrogen-bond donors (Lipinski definition) is 2. The molecule has 0 unspecified atom stereocenters. The highest BCUT2D eigenvalue weighted by Gasteiger charge is 2.35. The second kappa shape index (κ2) is 6.79. The first-order valence-electron chi connectivity index (χ1n) is 8.30. The third kappa shape index (κ3) is 3.33. The van der Waals surface area contributed by atoms with Crippen LogP contribution in [0.15, 0.2) is 10.7 Å². The van der Waals surface area contributed by atoms with E-state index in [0.29, 0.717) is 5.89 Å². The number of nitrogens with zero attached hydrogens (tertiary/aromatic N) is 2. The van der Waals surface area contributed by atoms with Gasteiger partial charge in [0, 0.05) is 13.0 Å². The van der Waals surface area contributed by atoms with Crippen LogP contribution in [-0.4, -0.2) is 52.2 Å². The lowest BCUT2D eigenvalue weighted by molar-refractivity contribution is 0.0337. The van der Waals surface area contributed by atoms with Crippen LogP contribution in [0, 0.1) is 6.92 Å². The fourth-order valence-corrected chi connectivity index (χ4v) is 3.67. The van der Waals surface area contributed by atoms with Crippen molar-refractivity contribution in [3.05, 3.63) is 17.8 Å². The van der Waals surface area contributed by atoms with Gasteiger partial charge in [0.2, 0.25) is 0 Å². The molecule has 2 fully saturated rings. The Morgan fingerprint density at radius 3 is 2.73 bits per heavy atom. The van der Waals surface area contributed by atoms with E-state index in [4.69, 9.17) is 4.42 Å². The zero-order valence-electron chi connectivity index (χ0n) is 13.1. The summed E-state index contributed by atoms with van der Waals surface area (Å²) in [7, 11) is 0. The maximum absolute atomic E-state index is 12.3. The Kier molecular flexibility index (Phi) is 4.78. The summed E-state index contributed by atoms with van der Waals surface area (Å²) < 4.78 is 5.09. The molecule has 1 saturated carbocycles. The molecule has 122 valence electrons. The first kappa shape index (κ1) is 15.5. The van der Waals surface area contributed by atoms with Crippen LogP contribution >= 0.6 is 0 Å². The number of rotatable bonds is 3. The van der Waals surface area contributed by atoms with E-state index in [1.807, 2.05) is 0 Å². The highest BCUT2D eigenvalue weighted by atomic mass is 16.3. The Bertz CT molecular complexity index is 510. The molecular weight excluding hydrogens is 282 g/mol. The van der Waals surface area contributed by atoms with Gasteiger partial charge in [0.1, 0.15) is 6.26 Å². The van der Waals surface area contributed by atoms with Gasteiger partial charge in [0.15, 0.2) is 11.6 Å². The number of aromatic nitrogens is 1. The molecular formula is C16H25N3O3. The topological polar surface area (TPSA) is 78.6 Å². The normalized spacial score (nSPS) is 30.2. The predicted octanol–water partition coefficient (Wildman–Crippen LogP) is 1.48. The van der Waals surface area contributed by atoms with Gasteiger partial charge in [-0.2, -0.15) is 0 Å². The summed E-state index contributed by atoms with van der Waals surface area (Å²) in [6, 6.07) is -0.0491. The molecule has 0 aromatic carbocycles. The molecule has 1 aliphatic carbocycles. The van der Waals surface area contributed by atoms with Crippen molar-refractivity contribution >= 4 is 5.91 Å². The Labute approximate surface area is 130 Å². The van der Waals surface area contributed by atoms with Gasteiger partial charge in [0.05, 0.1) is 12.1 Å². The van der Waals surface area contributed by atoms with Crippen molar-refractivity contribution in [2.24, 2.45) is 0 Å². The highest BCUT2D eigenvalue weighted by Crippen LogP contribution is 2.26. The molecule has 3 atom stereocenters. The summed E-state index contributed by atoms with van der Waals surface area (Å²) in [4.78, 5) is 18.7. The molecule has 3 rings (SSSR count). The fraction of sp³-hybridized carbons (Fsp3) is 0.750. The maximum atomic E-state index is 12.3. The number of aryl methyl sites for hydroxylation is 1. The molecule has 22 heavy (non-hydrogen) atoms. The minimum atomic E-state index is -0.516. The lowest BCUT2D eigenvalue weighted by Crippen LogP contribution is -2.52. The lowest BCUT2D eigenvalue weighted by atomic mass is 10.00. The Hall–Kier alpha value is -1.40. The van der Waals surface area contributed by atoms with Gasteiger partial charge in [0.25, 0.3) is 5.91 Å². The van der Waals surface area contributed by atoms with Gasteiger partial charge >= 0.3 is 0 Å². The minimum absolute atomic E-state index is 0.161. The van der Waals surface area contributed by atoms with Gasteiger partial charge in [-0.3, -0.25) is 9.69 Å². The molecule has 1 aliphatic heterocycles. The van der Waals surface area contributed by atoms with Gasteiger partial charge < -0.3 is 14.8 Å². The van der Waals surface area contributed by atoms with Crippen molar-refractivity contribution in [2.75, 3.05) is 13.1 Å². The Balaban J connectivity index is 1.67. The van der Waals surface area contributed by atoms with E-state index in [2.05, 4.69) is 15.2 Å². The average Bonchev–Trinajstić information content (AvgIpc) is 3.13. The van der Waals surface area contributed by atoms with Crippen molar-refractivity contribution in [1.29, 1.82) is 0 Å². The van der Waals surface area contributed by atoms with Crippen molar-refractivity contribution < 1.29 is 14.3 Å². The summed E-state index contributed by atoms with van der Waals surface area (Å²) in [6.45, 7) is 3.83. The lowest BCUT2D eigenvalue weighted by Gasteiger charge is -2.34. The number of likely N-dealkylation sites (tertiary alicyclic amines) is 1. The molecule has 2 heterocycles. The predicted molar refractivity (Wildman–Crippen MR) is 81.6 cm³/mol. The standard InChI is InChI=1S/C16H25N3O3/c1-11-17-13(10-22-11)16(21)18-12-6-2-3-7-14(15(12)20)19-8-4-5-9-19/h10,12,14-15,20H,2-9H2,1H3,(H,18,21)/t12-,14-,15-/m1/s1. The van der Waals surface area contributed by atoms with Crippen LogP contribution in [-0.2, 0) is 0 Å². The SMILES string of the molecule is Cc1nc(C(=O)N[C@@H]2CCCC[C@@H](N3CCCC3)[C@@H]2O)co1. The molecule has 1 aromatic heterocycles. The van der Waals surface area contributed by atoms with Crippen LogP contribution < -0.4 is 5.32 Å². The van der Waals surface area contributed by atoms with Crippen LogP contribution in [0.5, 0.6) is 0 Å². The molecule has 2 aliphatic rings. The van der Waals surface area contributed by atoms with E-state index in [-0.39, 0.29) is 23.7 Å². The van der Waals surface area contributed by atoms with E-state index in [1.54, 1.807) is 6.92 Å².